The molecule has 11 nitrogen and oxygen atoms in total. The van der Waals surface area contributed by atoms with Crippen molar-refractivity contribution in [3.8, 4) is 11.1 Å². The van der Waals surface area contributed by atoms with E-state index in [4.69, 9.17) is 14.2 Å². The molecule has 0 bridgehead atoms. The van der Waals surface area contributed by atoms with Gasteiger partial charge in [-0.1, -0.05) is 101 Å². The lowest BCUT2D eigenvalue weighted by molar-refractivity contribution is -0.139. The number of carbonyl (C=O) groups excluding carboxylic acids is 4. The number of ether oxygens (including phenoxy) is 3. The molecule has 3 rings (SSSR count). The van der Waals surface area contributed by atoms with Gasteiger partial charge in [-0.05, 0) is 41.5 Å². The number of aliphatic carboxylic acids is 1. The zero-order valence-electron chi connectivity index (χ0n) is 26.1. The number of benzene rings is 2. The first kappa shape index (κ1) is 35.1. The second-order valence-electron chi connectivity index (χ2n) is 11.0. The van der Waals surface area contributed by atoms with Crippen LogP contribution in [-0.2, 0) is 23.8 Å². The first-order valence-corrected chi connectivity index (χ1v) is 15.8. The lowest BCUT2D eigenvalue weighted by Gasteiger charge is -2.20. The van der Waals surface area contributed by atoms with Gasteiger partial charge in [-0.15, -0.1) is 4.90 Å². The van der Waals surface area contributed by atoms with Gasteiger partial charge in [-0.3, -0.25) is 4.79 Å². The summed E-state index contributed by atoms with van der Waals surface area (Å²) >= 11 is 0. The van der Waals surface area contributed by atoms with Gasteiger partial charge >= 0.3 is 24.2 Å². The molecule has 1 atom stereocenters. The number of unbranched alkanes of at least 4 members (excludes halogenated alkanes) is 6. The number of carboxylic acids is 1. The van der Waals surface area contributed by atoms with Gasteiger partial charge in [0, 0.05) is 12.3 Å². The molecule has 244 valence electrons. The zero-order valence-corrected chi connectivity index (χ0v) is 26.1. The van der Waals surface area contributed by atoms with E-state index in [1.807, 2.05) is 62.4 Å². The molecule has 0 saturated heterocycles. The molecule has 1 aliphatic rings. The van der Waals surface area contributed by atoms with Crippen molar-refractivity contribution >= 4 is 30.2 Å². The summed E-state index contributed by atoms with van der Waals surface area (Å²) in [5.41, 5.74) is 4.10. The standard InChI is InChI=1S/C34H44N2O9/c1-3-5-7-13-21-43-33(41)36(34(42)44-22-14-8-6-4-2)30(37)20-19-29(31(38)39)35-32(40)45-23-28-26-17-11-9-15-24(26)25-16-10-12-18-27(25)28/h9-12,15-18,28-29H,3-8,13-14,19-23H2,1-2H3,(H,35,40)(H,38,39)/t29-/m0/s1. The summed E-state index contributed by atoms with van der Waals surface area (Å²) in [6.45, 7) is 4.10. The van der Waals surface area contributed by atoms with Crippen LogP contribution in [0.15, 0.2) is 48.5 Å². The fourth-order valence-electron chi connectivity index (χ4n) is 5.20. The number of imide groups is 3. The topological polar surface area (TPSA) is 149 Å². The number of carboxylic acid groups (broad SMARTS) is 1. The second kappa shape index (κ2) is 18.4. The number of rotatable bonds is 17. The monoisotopic (exact) mass is 624 g/mol. The molecular formula is C34H44N2O9. The van der Waals surface area contributed by atoms with E-state index in [1.165, 1.54) is 0 Å². The maximum atomic E-state index is 13.0. The summed E-state index contributed by atoms with van der Waals surface area (Å²) in [7, 11) is 0. The lowest BCUT2D eigenvalue weighted by Crippen LogP contribution is -2.45. The predicted molar refractivity (Wildman–Crippen MR) is 167 cm³/mol. The molecule has 45 heavy (non-hydrogen) atoms. The molecule has 0 heterocycles. The molecule has 4 amide bonds. The van der Waals surface area contributed by atoms with E-state index < -0.39 is 49.0 Å². The Balaban J connectivity index is 1.57. The fourth-order valence-corrected chi connectivity index (χ4v) is 5.20. The van der Waals surface area contributed by atoms with Crippen molar-refractivity contribution in [1.82, 2.24) is 10.2 Å². The molecule has 0 fully saturated rings. The van der Waals surface area contributed by atoms with Crippen LogP contribution in [0, 0.1) is 0 Å². The Morgan fingerprint density at radius 1 is 0.756 bits per heavy atom. The van der Waals surface area contributed by atoms with Crippen LogP contribution >= 0.6 is 0 Å². The maximum Gasteiger partial charge on any atom is 0.426 e. The zero-order chi connectivity index (χ0) is 32.6. The number of nitrogens with zero attached hydrogens (tertiary/aromatic N) is 1. The summed E-state index contributed by atoms with van der Waals surface area (Å²) in [4.78, 5) is 63.4. The van der Waals surface area contributed by atoms with Gasteiger partial charge in [0.15, 0.2) is 0 Å². The van der Waals surface area contributed by atoms with Gasteiger partial charge in [0.2, 0.25) is 5.91 Å². The summed E-state index contributed by atoms with van der Waals surface area (Å²) in [5.74, 6) is -2.62. The van der Waals surface area contributed by atoms with E-state index in [-0.39, 0.29) is 30.6 Å². The first-order valence-electron chi connectivity index (χ1n) is 15.8. The Morgan fingerprint density at radius 3 is 1.76 bits per heavy atom. The van der Waals surface area contributed by atoms with Crippen molar-refractivity contribution < 1.29 is 43.3 Å². The van der Waals surface area contributed by atoms with Crippen LogP contribution in [0.4, 0.5) is 14.4 Å². The number of amides is 4. The van der Waals surface area contributed by atoms with Crippen LogP contribution in [0.1, 0.15) is 95.1 Å². The van der Waals surface area contributed by atoms with Crippen molar-refractivity contribution in [2.75, 3.05) is 19.8 Å². The lowest BCUT2D eigenvalue weighted by atomic mass is 9.98. The summed E-state index contributed by atoms with van der Waals surface area (Å²) < 4.78 is 15.7. The van der Waals surface area contributed by atoms with Crippen LogP contribution in [-0.4, -0.2) is 66.0 Å². The molecule has 0 unspecified atom stereocenters. The van der Waals surface area contributed by atoms with Crippen LogP contribution in [0.25, 0.3) is 11.1 Å². The van der Waals surface area contributed by atoms with Crippen molar-refractivity contribution in [3.05, 3.63) is 59.7 Å². The van der Waals surface area contributed by atoms with Gasteiger partial charge in [-0.2, -0.15) is 0 Å². The van der Waals surface area contributed by atoms with E-state index in [0.29, 0.717) is 12.8 Å². The Hall–Kier alpha value is -4.41. The quantitative estimate of drug-likeness (QED) is 0.140. The molecule has 0 aliphatic heterocycles. The Kier molecular flexibility index (Phi) is 14.3. The molecule has 2 N–H and O–H groups in total. The van der Waals surface area contributed by atoms with E-state index >= 15 is 0 Å². The third-order valence-corrected chi connectivity index (χ3v) is 7.64. The molecule has 0 aromatic heterocycles. The molecule has 0 saturated carbocycles. The molecule has 0 spiro atoms. The number of hydrogen-bond acceptors (Lipinski definition) is 8. The average molecular weight is 625 g/mol. The largest absolute Gasteiger partial charge is 0.480 e. The number of fused-ring (bicyclic) bond motifs is 3. The molecule has 11 heteroatoms. The van der Waals surface area contributed by atoms with E-state index in [0.717, 1.165) is 60.8 Å². The normalized spacial score (nSPS) is 12.4. The van der Waals surface area contributed by atoms with Gasteiger partial charge in [0.1, 0.15) is 12.6 Å². The number of nitrogens with one attached hydrogen (secondary N) is 1. The van der Waals surface area contributed by atoms with Crippen LogP contribution in [0.2, 0.25) is 0 Å². The van der Waals surface area contributed by atoms with E-state index in [1.54, 1.807) is 0 Å². The Bertz CT molecular complexity index is 1240. The summed E-state index contributed by atoms with van der Waals surface area (Å²) in [5, 5.41) is 12.0. The molecule has 2 aromatic rings. The van der Waals surface area contributed by atoms with Gasteiger partial charge in [-0.25, -0.2) is 19.2 Å². The van der Waals surface area contributed by atoms with Crippen LogP contribution < -0.4 is 5.32 Å². The van der Waals surface area contributed by atoms with Crippen molar-refractivity contribution in [3.63, 3.8) is 0 Å². The second-order valence-corrected chi connectivity index (χ2v) is 11.0. The predicted octanol–water partition coefficient (Wildman–Crippen LogP) is 7.02. The highest BCUT2D eigenvalue weighted by molar-refractivity contribution is 6.06. The van der Waals surface area contributed by atoms with Gasteiger partial charge in [0.25, 0.3) is 0 Å². The highest BCUT2D eigenvalue weighted by Gasteiger charge is 2.34. The molecule has 0 radical (unpaired) electrons. The van der Waals surface area contributed by atoms with Gasteiger partial charge in [0.05, 0.1) is 13.2 Å². The number of hydrogen-bond donors (Lipinski definition) is 2. The molecule has 2 aromatic carbocycles. The Labute approximate surface area is 264 Å². The summed E-state index contributed by atoms with van der Waals surface area (Å²) in [6, 6.07) is 14.1. The van der Waals surface area contributed by atoms with Crippen LogP contribution in [0.3, 0.4) is 0 Å². The van der Waals surface area contributed by atoms with Crippen molar-refractivity contribution in [1.29, 1.82) is 0 Å². The maximum absolute atomic E-state index is 13.0. The smallest absolute Gasteiger partial charge is 0.426 e. The van der Waals surface area contributed by atoms with Crippen molar-refractivity contribution in [2.24, 2.45) is 0 Å². The first-order chi connectivity index (χ1) is 21.8. The number of carbonyl (C=O) groups is 5. The van der Waals surface area contributed by atoms with Crippen molar-refractivity contribution in [2.45, 2.75) is 90.0 Å². The molecular weight excluding hydrogens is 580 g/mol. The summed E-state index contributed by atoms with van der Waals surface area (Å²) in [6.07, 6.45) is 2.39. The van der Waals surface area contributed by atoms with Gasteiger partial charge < -0.3 is 24.6 Å². The average Bonchev–Trinajstić information content (AvgIpc) is 3.35. The third kappa shape index (κ3) is 10.3. The Morgan fingerprint density at radius 2 is 1.27 bits per heavy atom. The van der Waals surface area contributed by atoms with E-state index in [2.05, 4.69) is 5.32 Å². The minimum absolute atomic E-state index is 0.0207. The number of alkyl carbamates (subject to hydrolysis) is 1. The molecule has 1 aliphatic carbocycles. The highest BCUT2D eigenvalue weighted by Crippen LogP contribution is 2.44. The highest BCUT2D eigenvalue weighted by atomic mass is 16.6. The minimum Gasteiger partial charge on any atom is -0.480 e. The van der Waals surface area contributed by atoms with E-state index in [9.17, 15) is 29.1 Å². The third-order valence-electron chi connectivity index (χ3n) is 7.64. The minimum atomic E-state index is -1.51. The van der Waals surface area contributed by atoms with Crippen LogP contribution in [0.5, 0.6) is 0 Å². The fraction of sp³-hybridized carbons (Fsp3) is 0.500. The SMILES string of the molecule is CCCCCCOC(=O)N(C(=O)CC[C@H](NC(=O)OCC1c2ccccc2-c2ccccc21)C(=O)O)C(=O)OCCCCCC.